The van der Waals surface area contributed by atoms with Crippen molar-refractivity contribution < 1.29 is 14.0 Å². The van der Waals surface area contributed by atoms with Crippen LogP contribution in [0.2, 0.25) is 0 Å². The molecule has 1 heterocycles. The molecule has 20 heavy (non-hydrogen) atoms. The molecule has 0 aliphatic carbocycles. The maximum Gasteiger partial charge on any atom is 0.243 e. The number of nitrogens with one attached hydrogen (secondary N) is 1. The lowest BCUT2D eigenvalue weighted by Crippen LogP contribution is -2.45. The fourth-order valence-electron chi connectivity index (χ4n) is 2.59. The highest BCUT2D eigenvalue weighted by atomic mass is 19.1. The molecule has 2 amide bonds. The molecule has 1 aromatic rings. The molecule has 0 bridgehead atoms. The fourth-order valence-corrected chi connectivity index (χ4v) is 2.59. The molecule has 1 saturated heterocycles. The van der Waals surface area contributed by atoms with Gasteiger partial charge in [-0.3, -0.25) is 9.59 Å². The van der Waals surface area contributed by atoms with Crippen LogP contribution >= 0.6 is 0 Å². The summed E-state index contributed by atoms with van der Waals surface area (Å²) in [7, 11) is 0. The van der Waals surface area contributed by atoms with Crippen LogP contribution < -0.4 is 5.32 Å². The summed E-state index contributed by atoms with van der Waals surface area (Å²) in [5.41, 5.74) is 0.714. The average Bonchev–Trinajstić information content (AvgIpc) is 2.88. The maximum atomic E-state index is 13.2. The zero-order valence-corrected chi connectivity index (χ0v) is 11.7. The Balaban J connectivity index is 2.02. The van der Waals surface area contributed by atoms with Gasteiger partial charge in [0.2, 0.25) is 11.8 Å². The van der Waals surface area contributed by atoms with E-state index in [9.17, 15) is 14.0 Å². The Kier molecular flexibility index (Phi) is 4.37. The van der Waals surface area contributed by atoms with Gasteiger partial charge in [-0.15, -0.1) is 0 Å². The summed E-state index contributed by atoms with van der Waals surface area (Å²) < 4.78 is 13.2. The van der Waals surface area contributed by atoms with Crippen LogP contribution in [0.1, 0.15) is 38.3 Å². The number of nitrogens with zero attached hydrogens (tertiary/aromatic N) is 1. The summed E-state index contributed by atoms with van der Waals surface area (Å²) >= 11 is 0. The third-order valence-corrected chi connectivity index (χ3v) is 3.67. The molecule has 108 valence electrons. The van der Waals surface area contributed by atoms with Crippen LogP contribution in [0.5, 0.6) is 0 Å². The summed E-state index contributed by atoms with van der Waals surface area (Å²) in [5, 5.41) is 2.85. The molecule has 1 fully saturated rings. The summed E-state index contributed by atoms with van der Waals surface area (Å²) in [6.07, 6.45) is 1.52. The number of halogens is 1. The van der Waals surface area contributed by atoms with Gasteiger partial charge in [0.1, 0.15) is 11.9 Å². The Hall–Kier alpha value is -1.91. The van der Waals surface area contributed by atoms with Crippen molar-refractivity contribution in [3.63, 3.8) is 0 Å². The van der Waals surface area contributed by atoms with Crippen LogP contribution in [0.15, 0.2) is 24.3 Å². The van der Waals surface area contributed by atoms with Crippen molar-refractivity contribution in [2.24, 2.45) is 0 Å². The number of carbonyl (C=O) groups is 2. The average molecular weight is 278 g/mol. The van der Waals surface area contributed by atoms with Crippen molar-refractivity contribution >= 4 is 11.8 Å². The Labute approximate surface area is 118 Å². The van der Waals surface area contributed by atoms with Gasteiger partial charge in [-0.25, -0.2) is 4.39 Å². The summed E-state index contributed by atoms with van der Waals surface area (Å²) in [4.78, 5) is 25.3. The van der Waals surface area contributed by atoms with Crippen LogP contribution in [0, 0.1) is 5.82 Å². The Morgan fingerprint density at radius 2 is 2.20 bits per heavy atom. The number of rotatable bonds is 3. The van der Waals surface area contributed by atoms with Crippen molar-refractivity contribution in [3.8, 4) is 0 Å². The van der Waals surface area contributed by atoms with E-state index >= 15 is 0 Å². The van der Waals surface area contributed by atoms with E-state index in [1.165, 1.54) is 19.1 Å². The van der Waals surface area contributed by atoms with Crippen molar-refractivity contribution in [1.82, 2.24) is 10.2 Å². The van der Waals surface area contributed by atoms with Gasteiger partial charge in [0.05, 0.1) is 6.04 Å². The summed E-state index contributed by atoms with van der Waals surface area (Å²) in [5.74, 6) is -0.578. The van der Waals surface area contributed by atoms with E-state index in [2.05, 4.69) is 5.32 Å². The van der Waals surface area contributed by atoms with Crippen molar-refractivity contribution in [1.29, 1.82) is 0 Å². The van der Waals surface area contributed by atoms with Crippen LogP contribution in [-0.2, 0) is 9.59 Å². The van der Waals surface area contributed by atoms with E-state index in [-0.39, 0.29) is 23.7 Å². The first-order valence-electron chi connectivity index (χ1n) is 6.82. The molecular formula is C15H19FN2O2. The van der Waals surface area contributed by atoms with Crippen molar-refractivity contribution in [2.75, 3.05) is 6.54 Å². The first kappa shape index (κ1) is 14.5. The highest BCUT2D eigenvalue weighted by Crippen LogP contribution is 2.19. The van der Waals surface area contributed by atoms with E-state index in [1.54, 1.807) is 24.0 Å². The number of hydrogen-bond acceptors (Lipinski definition) is 2. The van der Waals surface area contributed by atoms with Gasteiger partial charge in [0.15, 0.2) is 0 Å². The molecule has 0 spiro atoms. The second-order valence-electron chi connectivity index (χ2n) is 5.16. The third kappa shape index (κ3) is 3.15. The first-order valence-corrected chi connectivity index (χ1v) is 6.82. The molecule has 0 radical (unpaired) electrons. The minimum Gasteiger partial charge on any atom is -0.348 e. The third-order valence-electron chi connectivity index (χ3n) is 3.67. The van der Waals surface area contributed by atoms with Crippen LogP contribution in [0.3, 0.4) is 0 Å². The van der Waals surface area contributed by atoms with E-state index in [1.807, 2.05) is 0 Å². The Bertz CT molecular complexity index is 518. The summed E-state index contributed by atoms with van der Waals surface area (Å²) in [6.45, 7) is 3.91. The van der Waals surface area contributed by atoms with Crippen molar-refractivity contribution in [2.45, 2.75) is 38.8 Å². The van der Waals surface area contributed by atoms with Crippen LogP contribution in [0.4, 0.5) is 4.39 Å². The molecule has 2 unspecified atom stereocenters. The van der Waals surface area contributed by atoms with Crippen LogP contribution in [-0.4, -0.2) is 29.3 Å². The molecule has 2 rings (SSSR count). The zero-order valence-electron chi connectivity index (χ0n) is 11.7. The minimum atomic E-state index is -0.400. The lowest BCUT2D eigenvalue weighted by atomic mass is 10.1. The van der Waals surface area contributed by atoms with Gasteiger partial charge in [-0.2, -0.15) is 0 Å². The SMILES string of the molecule is CC(=O)N1CCCC1C(=O)NC(C)c1cccc(F)c1. The molecule has 0 saturated carbocycles. The molecule has 1 N–H and O–H groups in total. The van der Waals surface area contributed by atoms with E-state index < -0.39 is 6.04 Å². The van der Waals surface area contributed by atoms with E-state index in [4.69, 9.17) is 0 Å². The fraction of sp³-hybridized carbons (Fsp3) is 0.467. The van der Waals surface area contributed by atoms with Gasteiger partial charge < -0.3 is 10.2 Å². The normalized spacial score (nSPS) is 19.8. The van der Waals surface area contributed by atoms with Crippen molar-refractivity contribution in [3.05, 3.63) is 35.6 Å². The number of likely N-dealkylation sites (tertiary alicyclic amines) is 1. The van der Waals surface area contributed by atoms with E-state index in [0.717, 1.165) is 6.42 Å². The molecule has 0 aromatic heterocycles. The second kappa shape index (κ2) is 6.03. The van der Waals surface area contributed by atoms with Gasteiger partial charge in [0.25, 0.3) is 0 Å². The highest BCUT2D eigenvalue weighted by Gasteiger charge is 2.32. The monoisotopic (exact) mass is 278 g/mol. The lowest BCUT2D eigenvalue weighted by Gasteiger charge is -2.24. The minimum absolute atomic E-state index is 0.0824. The molecule has 4 nitrogen and oxygen atoms in total. The Morgan fingerprint density at radius 1 is 1.45 bits per heavy atom. The second-order valence-corrected chi connectivity index (χ2v) is 5.16. The predicted octanol–water partition coefficient (Wildman–Crippen LogP) is 2.01. The van der Waals surface area contributed by atoms with Gasteiger partial charge in [0, 0.05) is 13.5 Å². The Morgan fingerprint density at radius 3 is 2.85 bits per heavy atom. The molecule has 1 aromatic carbocycles. The lowest BCUT2D eigenvalue weighted by molar-refractivity contribution is -0.137. The molecule has 2 atom stereocenters. The maximum absolute atomic E-state index is 13.2. The van der Waals surface area contributed by atoms with Gasteiger partial charge in [-0.05, 0) is 37.5 Å². The molecule has 5 heteroatoms. The topological polar surface area (TPSA) is 49.4 Å². The molecule has 1 aliphatic rings. The highest BCUT2D eigenvalue weighted by molar-refractivity contribution is 5.87. The molecular weight excluding hydrogens is 259 g/mol. The van der Waals surface area contributed by atoms with Gasteiger partial charge >= 0.3 is 0 Å². The van der Waals surface area contributed by atoms with E-state index in [0.29, 0.717) is 18.5 Å². The van der Waals surface area contributed by atoms with Gasteiger partial charge in [-0.1, -0.05) is 12.1 Å². The number of hydrogen-bond donors (Lipinski definition) is 1. The quantitative estimate of drug-likeness (QED) is 0.919. The standard InChI is InChI=1S/C15H19FN2O2/c1-10(12-5-3-6-13(16)9-12)17-15(20)14-7-4-8-18(14)11(2)19/h3,5-6,9-10,14H,4,7-8H2,1-2H3,(H,17,20). The largest absolute Gasteiger partial charge is 0.348 e. The smallest absolute Gasteiger partial charge is 0.243 e. The number of carbonyl (C=O) groups excluding carboxylic acids is 2. The molecule has 1 aliphatic heterocycles. The summed E-state index contributed by atoms with van der Waals surface area (Å²) in [6, 6.07) is 5.47. The number of benzene rings is 1. The number of amides is 2. The predicted molar refractivity (Wildman–Crippen MR) is 73.4 cm³/mol. The zero-order chi connectivity index (χ0) is 14.7. The first-order chi connectivity index (χ1) is 9.49. The van der Waals surface area contributed by atoms with Crippen LogP contribution in [0.25, 0.3) is 0 Å².